The van der Waals surface area contributed by atoms with Crippen molar-refractivity contribution in [1.29, 1.82) is 0 Å². The van der Waals surface area contributed by atoms with Crippen LogP contribution >= 0.6 is 11.6 Å². The Kier molecular flexibility index (Phi) is 5.58. The molecule has 154 valence electrons. The largest absolute Gasteiger partial charge is 0.384 e. The summed E-state index contributed by atoms with van der Waals surface area (Å²) < 4.78 is 16.2. The number of piperazine rings is 1. The van der Waals surface area contributed by atoms with Gasteiger partial charge in [0.1, 0.15) is 23.2 Å². The number of carbonyl (C=O) groups excluding carboxylic acids is 2. The molecule has 1 aliphatic heterocycles. The number of Topliss-reactive ketones (excluding diaryl/α,β-unsaturated/α-hetero) is 1. The van der Waals surface area contributed by atoms with Gasteiger partial charge in [-0.25, -0.2) is 9.18 Å². The average Bonchev–Trinajstić information content (AvgIpc) is 2.66. The third kappa shape index (κ3) is 3.56. The van der Waals surface area contributed by atoms with Gasteiger partial charge in [-0.2, -0.15) is 0 Å². The van der Waals surface area contributed by atoms with Gasteiger partial charge >= 0.3 is 5.69 Å². The van der Waals surface area contributed by atoms with Crippen molar-refractivity contribution in [3.8, 4) is 0 Å². The molecular weight excluding hydrogens is 405 g/mol. The number of aromatic nitrogens is 2. The van der Waals surface area contributed by atoms with E-state index in [2.05, 4.69) is 5.32 Å². The Morgan fingerprint density at radius 1 is 1.28 bits per heavy atom. The molecule has 1 aromatic heterocycles. The number of rotatable bonds is 4. The number of carbonyl (C=O) groups is 2. The zero-order chi connectivity index (χ0) is 21.5. The fourth-order valence-electron chi connectivity index (χ4n) is 3.36. The lowest BCUT2D eigenvalue weighted by Crippen LogP contribution is -2.52. The maximum absolute atomic E-state index is 14.4. The molecule has 1 aromatic carbocycles. The van der Waals surface area contributed by atoms with Crippen LogP contribution in [0.15, 0.2) is 27.8 Å². The number of anilines is 1. The molecule has 11 heteroatoms. The van der Waals surface area contributed by atoms with Gasteiger partial charge < -0.3 is 11.1 Å². The quantitative estimate of drug-likeness (QED) is 0.658. The molecule has 3 rings (SSSR count). The number of amides is 1. The molecule has 0 saturated carbocycles. The average molecular weight is 424 g/mol. The molecule has 0 radical (unpaired) electrons. The second-order valence-corrected chi connectivity index (χ2v) is 7.10. The summed E-state index contributed by atoms with van der Waals surface area (Å²) in [5.41, 5.74) is 3.91. The predicted molar refractivity (Wildman–Crippen MR) is 104 cm³/mol. The summed E-state index contributed by atoms with van der Waals surface area (Å²) in [6.07, 6.45) is 0. The number of benzene rings is 1. The van der Waals surface area contributed by atoms with E-state index in [1.54, 1.807) is 0 Å². The zero-order valence-electron chi connectivity index (χ0n) is 15.7. The van der Waals surface area contributed by atoms with Gasteiger partial charge in [-0.3, -0.25) is 28.4 Å². The van der Waals surface area contributed by atoms with Gasteiger partial charge in [0, 0.05) is 37.8 Å². The molecule has 1 fully saturated rings. The van der Waals surface area contributed by atoms with Crippen molar-refractivity contribution < 1.29 is 14.0 Å². The van der Waals surface area contributed by atoms with Crippen LogP contribution in [0, 0.1) is 5.82 Å². The molecule has 3 N–H and O–H groups in total. The number of hydrogen-bond acceptors (Lipinski definition) is 6. The second kappa shape index (κ2) is 7.80. The summed E-state index contributed by atoms with van der Waals surface area (Å²) in [6, 6.07) is 2.87. The van der Waals surface area contributed by atoms with Crippen LogP contribution in [-0.4, -0.2) is 45.4 Å². The Balaban J connectivity index is 2.03. The van der Waals surface area contributed by atoms with Gasteiger partial charge in [0.2, 0.25) is 5.91 Å². The first-order chi connectivity index (χ1) is 13.6. The number of hydrogen-bond donors (Lipinski definition) is 2. The summed E-state index contributed by atoms with van der Waals surface area (Å²) in [5.74, 6) is -2.16. The third-order valence-corrected chi connectivity index (χ3v) is 5.25. The van der Waals surface area contributed by atoms with Crippen LogP contribution in [0.5, 0.6) is 0 Å². The smallest absolute Gasteiger partial charge is 0.332 e. The minimum atomic E-state index is -1.15. The van der Waals surface area contributed by atoms with E-state index in [1.807, 2.05) is 0 Å². The highest BCUT2D eigenvalue weighted by molar-refractivity contribution is 6.31. The highest BCUT2D eigenvalue weighted by Crippen LogP contribution is 2.31. The van der Waals surface area contributed by atoms with Gasteiger partial charge in [0.15, 0.2) is 5.78 Å². The Hall–Kier alpha value is -2.98. The fraction of sp³-hybridized carbons (Fsp3) is 0.333. The highest BCUT2D eigenvalue weighted by Gasteiger charge is 2.36. The Morgan fingerprint density at radius 2 is 1.97 bits per heavy atom. The lowest BCUT2D eigenvalue weighted by molar-refractivity contribution is -0.129. The summed E-state index contributed by atoms with van der Waals surface area (Å²) in [6.45, 7) is 0.0641. The van der Waals surface area contributed by atoms with E-state index in [4.69, 9.17) is 17.3 Å². The van der Waals surface area contributed by atoms with E-state index in [0.717, 1.165) is 9.13 Å². The number of nitrogens with zero attached hydrogens (tertiary/aromatic N) is 3. The molecule has 1 unspecified atom stereocenters. The topological polar surface area (TPSA) is 119 Å². The van der Waals surface area contributed by atoms with Gasteiger partial charge in [-0.05, 0) is 12.1 Å². The van der Waals surface area contributed by atoms with Gasteiger partial charge in [0.25, 0.3) is 5.56 Å². The van der Waals surface area contributed by atoms with Crippen molar-refractivity contribution in [3.05, 3.63) is 61.0 Å². The van der Waals surface area contributed by atoms with Crippen LogP contribution in [0.4, 0.5) is 10.2 Å². The van der Waals surface area contributed by atoms with Crippen molar-refractivity contribution in [3.63, 3.8) is 0 Å². The second-order valence-electron chi connectivity index (χ2n) is 6.69. The molecule has 0 bridgehead atoms. The third-order valence-electron chi connectivity index (χ3n) is 4.92. The maximum Gasteiger partial charge on any atom is 0.332 e. The molecule has 9 nitrogen and oxygen atoms in total. The normalized spacial score (nSPS) is 17.2. The van der Waals surface area contributed by atoms with Crippen molar-refractivity contribution >= 4 is 29.1 Å². The number of nitrogens with one attached hydrogen (secondary N) is 1. The molecule has 0 spiro atoms. The van der Waals surface area contributed by atoms with E-state index in [9.17, 15) is 23.6 Å². The van der Waals surface area contributed by atoms with E-state index in [0.29, 0.717) is 0 Å². The molecule has 29 heavy (non-hydrogen) atoms. The Morgan fingerprint density at radius 3 is 2.62 bits per heavy atom. The zero-order valence-corrected chi connectivity index (χ0v) is 16.5. The molecule has 0 aliphatic carbocycles. The number of ketones is 1. The first-order valence-corrected chi connectivity index (χ1v) is 9.07. The molecule has 1 amide bonds. The highest BCUT2D eigenvalue weighted by atomic mass is 35.5. The first-order valence-electron chi connectivity index (χ1n) is 8.69. The van der Waals surface area contributed by atoms with Crippen LogP contribution in [0.25, 0.3) is 0 Å². The van der Waals surface area contributed by atoms with E-state index in [1.165, 1.54) is 37.2 Å². The van der Waals surface area contributed by atoms with Crippen molar-refractivity contribution in [2.24, 2.45) is 14.1 Å². The molecule has 1 atom stereocenters. The van der Waals surface area contributed by atoms with Crippen LogP contribution in [0.3, 0.4) is 0 Å². The van der Waals surface area contributed by atoms with Crippen LogP contribution in [-0.2, 0) is 18.9 Å². The van der Waals surface area contributed by atoms with E-state index in [-0.39, 0.29) is 41.6 Å². The molecule has 2 aromatic rings. The van der Waals surface area contributed by atoms with Gasteiger partial charge in [0.05, 0.1) is 6.54 Å². The van der Waals surface area contributed by atoms with E-state index < -0.39 is 34.8 Å². The summed E-state index contributed by atoms with van der Waals surface area (Å²) in [4.78, 5) is 51.2. The molecule has 2 heterocycles. The lowest BCUT2D eigenvalue weighted by Gasteiger charge is -2.35. The maximum atomic E-state index is 14.4. The number of halogens is 2. The van der Waals surface area contributed by atoms with Crippen molar-refractivity contribution in [2.45, 2.75) is 6.04 Å². The van der Waals surface area contributed by atoms with Crippen LogP contribution < -0.4 is 22.3 Å². The fourth-order valence-corrected chi connectivity index (χ4v) is 3.62. The lowest BCUT2D eigenvalue weighted by atomic mass is 10.0. The van der Waals surface area contributed by atoms with Gasteiger partial charge in [-0.15, -0.1) is 0 Å². The van der Waals surface area contributed by atoms with Crippen LogP contribution in [0.2, 0.25) is 5.02 Å². The van der Waals surface area contributed by atoms with E-state index >= 15 is 0 Å². The SMILES string of the molecule is Cn1c(N)c(C(=O)CN2CCNC(=O)C2c2c(F)cccc2Cl)c(=O)n(C)c1=O. The van der Waals surface area contributed by atoms with Gasteiger partial charge in [-0.1, -0.05) is 17.7 Å². The molecule has 1 saturated heterocycles. The summed E-state index contributed by atoms with van der Waals surface area (Å²) in [7, 11) is 2.57. The summed E-state index contributed by atoms with van der Waals surface area (Å²) >= 11 is 6.11. The van der Waals surface area contributed by atoms with Crippen molar-refractivity contribution in [1.82, 2.24) is 19.4 Å². The Labute approximate surface area is 169 Å². The van der Waals surface area contributed by atoms with Crippen molar-refractivity contribution in [2.75, 3.05) is 25.4 Å². The van der Waals surface area contributed by atoms with Crippen LogP contribution in [0.1, 0.15) is 22.0 Å². The minimum absolute atomic E-state index is 0.0436. The Bertz CT molecular complexity index is 1110. The minimum Gasteiger partial charge on any atom is -0.384 e. The summed E-state index contributed by atoms with van der Waals surface area (Å²) in [5, 5.41) is 2.67. The number of nitrogen functional groups attached to an aromatic ring is 1. The monoisotopic (exact) mass is 423 g/mol. The molecule has 1 aliphatic rings. The standard InChI is InChI=1S/C18H19ClFN5O4/c1-23-15(21)13(17(28)24(2)18(23)29)11(26)8-25-7-6-22-16(27)14(25)12-9(19)4-3-5-10(12)20/h3-5,14H,6-8,21H2,1-2H3,(H,22,27). The number of nitrogens with two attached hydrogens (primary N) is 1. The first kappa shape index (κ1) is 20.7. The molecular formula is C18H19ClFN5O4. The predicted octanol–water partition coefficient (Wildman–Crippen LogP) is -0.185.